The number of fused-ring (bicyclic) bond motifs is 1. The molecule has 0 saturated heterocycles. The zero-order valence-corrected chi connectivity index (χ0v) is 16.4. The molecule has 3 N–H and O–H groups in total. The van der Waals surface area contributed by atoms with Gasteiger partial charge in [0.05, 0.1) is 11.2 Å². The summed E-state index contributed by atoms with van der Waals surface area (Å²) in [5.74, 6) is 0.0468. The van der Waals surface area contributed by atoms with Gasteiger partial charge in [0.1, 0.15) is 11.3 Å². The Bertz CT molecular complexity index is 1310. The monoisotopic (exact) mass is 396 g/mol. The van der Waals surface area contributed by atoms with Crippen LogP contribution in [-0.4, -0.2) is 33.6 Å². The quantitative estimate of drug-likeness (QED) is 0.364. The Morgan fingerprint density at radius 2 is 1.87 bits per heavy atom. The topological polar surface area (TPSA) is 108 Å². The molecule has 148 valence electrons. The lowest BCUT2D eigenvalue weighted by Gasteiger charge is -2.10. The summed E-state index contributed by atoms with van der Waals surface area (Å²) in [4.78, 5) is 16.0. The van der Waals surface area contributed by atoms with Gasteiger partial charge in [-0.1, -0.05) is 24.3 Å². The van der Waals surface area contributed by atoms with Gasteiger partial charge in [-0.3, -0.25) is 20.6 Å². The van der Waals surface area contributed by atoms with Crippen LogP contribution in [0.1, 0.15) is 15.9 Å². The van der Waals surface area contributed by atoms with Crippen molar-refractivity contribution in [3.8, 4) is 11.3 Å². The number of benzene rings is 2. The minimum atomic E-state index is -0.154. The maximum Gasteiger partial charge on any atom is 0.251 e. The van der Waals surface area contributed by atoms with Gasteiger partial charge in [0.2, 0.25) is 0 Å². The van der Waals surface area contributed by atoms with E-state index in [1.165, 1.54) is 4.68 Å². The van der Waals surface area contributed by atoms with Gasteiger partial charge in [0.15, 0.2) is 0 Å². The molecule has 0 aliphatic carbocycles. The number of nitrogens with one attached hydrogen (secondary N) is 3. The van der Waals surface area contributed by atoms with E-state index in [1.807, 2.05) is 30.3 Å². The second-order valence-corrected chi connectivity index (χ2v) is 6.83. The highest BCUT2D eigenvalue weighted by Gasteiger charge is 2.09. The highest BCUT2D eigenvalue weighted by Crippen LogP contribution is 2.17. The van der Waals surface area contributed by atoms with E-state index in [0.29, 0.717) is 17.7 Å². The molecule has 0 unspecified atom stereocenters. The minimum absolute atomic E-state index is 0.133. The lowest BCUT2D eigenvalue weighted by atomic mass is 10.1. The summed E-state index contributed by atoms with van der Waals surface area (Å²) < 4.78 is 1.33. The molecule has 0 fully saturated rings. The van der Waals surface area contributed by atoms with Gasteiger partial charge in [-0.15, -0.1) is 0 Å². The summed E-state index contributed by atoms with van der Waals surface area (Å²) >= 11 is 0. The summed E-state index contributed by atoms with van der Waals surface area (Å²) in [5, 5.41) is 24.8. The molecule has 2 aromatic heterocycles. The van der Waals surface area contributed by atoms with Crippen LogP contribution < -0.4 is 10.8 Å². The van der Waals surface area contributed by atoms with Crippen LogP contribution in [-0.2, 0) is 6.42 Å². The molecule has 30 heavy (non-hydrogen) atoms. The highest BCUT2D eigenvalue weighted by molar-refractivity contribution is 5.94. The van der Waals surface area contributed by atoms with Gasteiger partial charge in [-0.2, -0.15) is 5.10 Å². The summed E-state index contributed by atoms with van der Waals surface area (Å²) in [6.07, 6.45) is 2.09. The Kier molecular flexibility index (Phi) is 5.17. The number of amides is 1. The van der Waals surface area contributed by atoms with Crippen LogP contribution in [0.2, 0.25) is 0 Å². The van der Waals surface area contributed by atoms with E-state index in [-0.39, 0.29) is 17.2 Å². The third-order valence-corrected chi connectivity index (χ3v) is 4.80. The van der Waals surface area contributed by atoms with Crippen molar-refractivity contribution >= 4 is 22.6 Å². The van der Waals surface area contributed by atoms with E-state index in [4.69, 9.17) is 10.8 Å². The van der Waals surface area contributed by atoms with Crippen LogP contribution in [0.5, 0.6) is 0 Å². The molecule has 7 nitrogen and oxygen atoms in total. The second kappa shape index (κ2) is 8.08. The smallest absolute Gasteiger partial charge is 0.251 e. The van der Waals surface area contributed by atoms with Crippen molar-refractivity contribution in [3.05, 3.63) is 89.5 Å². The van der Waals surface area contributed by atoms with Crippen molar-refractivity contribution in [2.75, 3.05) is 7.05 Å². The van der Waals surface area contributed by atoms with Gasteiger partial charge in [-0.25, -0.2) is 4.68 Å². The predicted molar refractivity (Wildman–Crippen MR) is 115 cm³/mol. The third-order valence-electron chi connectivity index (χ3n) is 4.80. The zero-order chi connectivity index (χ0) is 21.1. The summed E-state index contributed by atoms with van der Waals surface area (Å²) in [5.41, 5.74) is 3.98. The Hall–Kier alpha value is -4.13. The summed E-state index contributed by atoms with van der Waals surface area (Å²) in [7, 11) is 1.59. The SMILES string of the molecule is CNC(=O)c1ccc(-c2ccc(=N)n(C(=N)Cc3ccc4ncccc4c3)n2)cc1. The van der Waals surface area contributed by atoms with Crippen LogP contribution >= 0.6 is 0 Å². The van der Waals surface area contributed by atoms with E-state index in [1.54, 1.807) is 49.6 Å². The van der Waals surface area contributed by atoms with Crippen LogP contribution in [0.3, 0.4) is 0 Å². The molecule has 0 bridgehead atoms. The molecule has 0 aliphatic rings. The van der Waals surface area contributed by atoms with Crippen molar-refractivity contribution < 1.29 is 4.79 Å². The lowest BCUT2D eigenvalue weighted by molar-refractivity contribution is 0.0963. The average molecular weight is 396 g/mol. The number of carbonyl (C=O) groups is 1. The van der Waals surface area contributed by atoms with Crippen molar-refractivity contribution in [2.45, 2.75) is 6.42 Å². The fourth-order valence-electron chi connectivity index (χ4n) is 3.22. The number of nitrogens with zero attached hydrogens (tertiary/aromatic N) is 3. The molecule has 2 aromatic carbocycles. The average Bonchev–Trinajstić information content (AvgIpc) is 2.79. The second-order valence-electron chi connectivity index (χ2n) is 6.83. The molecule has 1 amide bonds. The van der Waals surface area contributed by atoms with Crippen molar-refractivity contribution in [1.82, 2.24) is 20.1 Å². The van der Waals surface area contributed by atoms with Crippen molar-refractivity contribution in [1.29, 1.82) is 10.8 Å². The van der Waals surface area contributed by atoms with Crippen LogP contribution in [0.4, 0.5) is 0 Å². The van der Waals surface area contributed by atoms with Gasteiger partial charge in [0.25, 0.3) is 5.91 Å². The Morgan fingerprint density at radius 1 is 1.07 bits per heavy atom. The minimum Gasteiger partial charge on any atom is -0.355 e. The van der Waals surface area contributed by atoms with Crippen LogP contribution in [0.15, 0.2) is 72.9 Å². The number of carbonyl (C=O) groups excluding carboxylic acids is 1. The van der Waals surface area contributed by atoms with Crippen LogP contribution in [0, 0.1) is 10.8 Å². The number of rotatable bonds is 4. The number of aromatic nitrogens is 3. The van der Waals surface area contributed by atoms with Crippen molar-refractivity contribution in [3.63, 3.8) is 0 Å². The molecule has 0 radical (unpaired) electrons. The van der Waals surface area contributed by atoms with Gasteiger partial charge in [0, 0.05) is 36.2 Å². The van der Waals surface area contributed by atoms with Gasteiger partial charge < -0.3 is 5.32 Å². The maximum absolute atomic E-state index is 11.7. The molecule has 2 heterocycles. The summed E-state index contributed by atoms with van der Waals surface area (Å²) in [6, 6.07) is 20.2. The molecule has 0 spiro atoms. The third kappa shape index (κ3) is 3.86. The number of hydrogen-bond donors (Lipinski definition) is 3. The van der Waals surface area contributed by atoms with E-state index in [2.05, 4.69) is 15.4 Å². The Balaban J connectivity index is 1.61. The molecule has 0 aliphatic heterocycles. The van der Waals surface area contributed by atoms with Crippen LogP contribution in [0.25, 0.3) is 22.2 Å². The molecule has 4 rings (SSSR count). The summed E-state index contributed by atoms with van der Waals surface area (Å²) in [6.45, 7) is 0. The van der Waals surface area contributed by atoms with E-state index < -0.39 is 0 Å². The Morgan fingerprint density at radius 3 is 2.63 bits per heavy atom. The number of pyridine rings is 1. The first-order valence-electron chi connectivity index (χ1n) is 9.44. The first-order chi connectivity index (χ1) is 14.5. The molecular formula is C23H20N6O. The molecule has 7 heteroatoms. The van der Waals surface area contributed by atoms with E-state index >= 15 is 0 Å². The number of hydrogen-bond acceptors (Lipinski definition) is 5. The zero-order valence-electron chi connectivity index (χ0n) is 16.4. The van der Waals surface area contributed by atoms with Gasteiger partial charge >= 0.3 is 0 Å². The first-order valence-corrected chi connectivity index (χ1v) is 9.44. The Labute approximate surface area is 173 Å². The molecule has 4 aromatic rings. The largest absolute Gasteiger partial charge is 0.355 e. The lowest BCUT2D eigenvalue weighted by Crippen LogP contribution is -2.30. The molecule has 0 atom stereocenters. The normalized spacial score (nSPS) is 10.7. The first kappa shape index (κ1) is 19.2. The molecular weight excluding hydrogens is 376 g/mol. The highest BCUT2D eigenvalue weighted by atomic mass is 16.1. The van der Waals surface area contributed by atoms with E-state index in [0.717, 1.165) is 22.0 Å². The maximum atomic E-state index is 11.7. The van der Waals surface area contributed by atoms with E-state index in [9.17, 15) is 4.79 Å². The van der Waals surface area contributed by atoms with Crippen molar-refractivity contribution in [2.24, 2.45) is 0 Å². The predicted octanol–water partition coefficient (Wildman–Crippen LogP) is 3.01. The molecule has 0 saturated carbocycles. The fourth-order valence-corrected chi connectivity index (χ4v) is 3.22. The standard InChI is InChI=1S/C23H20N6O/c1-26-23(30)17-7-5-16(6-8-17)20-10-11-21(24)29(28-20)22(25)14-15-4-9-19-18(13-15)3-2-12-27-19/h2-13,24-25H,14H2,1H3,(H,26,30). The van der Waals surface area contributed by atoms with Gasteiger partial charge in [-0.05, 0) is 48.0 Å². The fraction of sp³-hybridized carbons (Fsp3) is 0.0870.